The zero-order valence-electron chi connectivity index (χ0n) is 5.16. The molecule has 0 amide bonds. The summed E-state index contributed by atoms with van der Waals surface area (Å²) in [5.74, 6) is -1.11. The van der Waals surface area contributed by atoms with Gasteiger partial charge in [0.1, 0.15) is 6.67 Å². The second-order valence-electron chi connectivity index (χ2n) is 1.52. The topological polar surface area (TPSA) is 63.3 Å². The van der Waals surface area contributed by atoms with Crippen LogP contribution in [0.2, 0.25) is 0 Å². The molecule has 60 valence electrons. The number of nitrogens with two attached hydrogens (primary N) is 1. The van der Waals surface area contributed by atoms with Crippen LogP contribution in [0, 0.1) is 0 Å². The lowest BCUT2D eigenvalue weighted by Gasteiger charge is -1.94. The molecule has 3 nitrogen and oxygen atoms in total. The zero-order chi connectivity index (χ0) is 7.28. The van der Waals surface area contributed by atoms with Crippen molar-refractivity contribution in [1.82, 2.24) is 0 Å². The predicted octanol–water partition coefficient (Wildman–Crippen LogP) is 0.346. The summed E-state index contributed by atoms with van der Waals surface area (Å²) in [6.45, 7) is -0.732. The third kappa shape index (κ3) is 7.39. The molecule has 0 radical (unpaired) electrons. The van der Waals surface area contributed by atoms with E-state index in [0.717, 1.165) is 12.2 Å². The van der Waals surface area contributed by atoms with Gasteiger partial charge in [-0.2, -0.15) is 0 Å². The summed E-state index contributed by atoms with van der Waals surface area (Å²) in [5, 5.41) is 7.99. The highest BCUT2D eigenvalue weighted by Gasteiger charge is 1.94. The van der Waals surface area contributed by atoms with Gasteiger partial charge in [-0.15, -0.1) is 12.4 Å². The quantitative estimate of drug-likeness (QED) is 0.599. The van der Waals surface area contributed by atoms with Crippen molar-refractivity contribution < 1.29 is 14.3 Å². The van der Waals surface area contributed by atoms with Gasteiger partial charge in [0.15, 0.2) is 0 Å². The van der Waals surface area contributed by atoms with E-state index in [1.807, 2.05) is 0 Å². The van der Waals surface area contributed by atoms with Crippen LogP contribution < -0.4 is 5.73 Å². The molecule has 0 spiro atoms. The average molecular weight is 170 g/mol. The Morgan fingerprint density at radius 2 is 2.30 bits per heavy atom. The number of halogens is 2. The molecule has 0 aromatic heterocycles. The van der Waals surface area contributed by atoms with E-state index >= 15 is 0 Å². The Labute approximate surface area is 64.1 Å². The van der Waals surface area contributed by atoms with Gasteiger partial charge in [-0.3, -0.25) is 0 Å². The lowest BCUT2D eigenvalue weighted by Crippen LogP contribution is -2.19. The number of carbonyl (C=O) groups is 1. The first kappa shape index (κ1) is 12.1. The minimum atomic E-state index is -1.11. The first-order valence-electron chi connectivity index (χ1n) is 2.39. The van der Waals surface area contributed by atoms with E-state index in [-0.39, 0.29) is 12.4 Å². The van der Waals surface area contributed by atoms with Gasteiger partial charge in [-0.05, 0) is 0 Å². The summed E-state index contributed by atoms with van der Waals surface area (Å²) in [4.78, 5) is 9.75. The molecule has 1 unspecified atom stereocenters. The molecule has 0 aliphatic carbocycles. The number of carboxylic acid groups (broad SMARTS) is 1. The second-order valence-corrected chi connectivity index (χ2v) is 1.52. The Balaban J connectivity index is 0. The summed E-state index contributed by atoms with van der Waals surface area (Å²) in [6.07, 6.45) is 1.92. The minimum absolute atomic E-state index is 0. The molecular formula is C5H9ClFNO2. The van der Waals surface area contributed by atoms with Crippen LogP contribution in [0.1, 0.15) is 0 Å². The third-order valence-electron chi connectivity index (χ3n) is 0.664. The Hall–Kier alpha value is -0.610. The van der Waals surface area contributed by atoms with Crippen molar-refractivity contribution in [3.8, 4) is 0 Å². The minimum Gasteiger partial charge on any atom is -0.478 e. The van der Waals surface area contributed by atoms with Gasteiger partial charge in [0.05, 0.1) is 6.04 Å². The largest absolute Gasteiger partial charge is 0.478 e. The van der Waals surface area contributed by atoms with Gasteiger partial charge in [-0.25, -0.2) is 9.18 Å². The highest BCUT2D eigenvalue weighted by Crippen LogP contribution is 1.82. The normalized spacial score (nSPS) is 12.6. The van der Waals surface area contributed by atoms with E-state index in [4.69, 9.17) is 10.8 Å². The van der Waals surface area contributed by atoms with E-state index in [0.29, 0.717) is 0 Å². The van der Waals surface area contributed by atoms with E-state index in [1.165, 1.54) is 0 Å². The molecule has 0 bridgehead atoms. The molecule has 0 aliphatic heterocycles. The SMILES string of the molecule is Cl.NC(C=CC(=O)O)CF. The molecule has 0 saturated carbocycles. The molecule has 10 heavy (non-hydrogen) atoms. The number of rotatable bonds is 3. The van der Waals surface area contributed by atoms with Crippen LogP contribution >= 0.6 is 12.4 Å². The van der Waals surface area contributed by atoms with Crippen LogP contribution in [0.3, 0.4) is 0 Å². The highest BCUT2D eigenvalue weighted by atomic mass is 35.5. The van der Waals surface area contributed by atoms with Gasteiger partial charge >= 0.3 is 5.97 Å². The maximum Gasteiger partial charge on any atom is 0.328 e. The van der Waals surface area contributed by atoms with Crippen LogP contribution in [0.4, 0.5) is 4.39 Å². The van der Waals surface area contributed by atoms with E-state index in [1.54, 1.807) is 0 Å². The van der Waals surface area contributed by atoms with Crippen molar-refractivity contribution in [2.75, 3.05) is 6.67 Å². The van der Waals surface area contributed by atoms with E-state index in [9.17, 15) is 9.18 Å². The Morgan fingerprint density at radius 3 is 2.60 bits per heavy atom. The Bertz CT molecular complexity index is 129. The molecular weight excluding hydrogens is 161 g/mol. The van der Waals surface area contributed by atoms with Crippen LogP contribution in [0.25, 0.3) is 0 Å². The van der Waals surface area contributed by atoms with E-state index in [2.05, 4.69) is 0 Å². The zero-order valence-corrected chi connectivity index (χ0v) is 5.97. The van der Waals surface area contributed by atoms with Crippen LogP contribution in [-0.4, -0.2) is 23.8 Å². The van der Waals surface area contributed by atoms with Gasteiger partial charge in [0.2, 0.25) is 0 Å². The van der Waals surface area contributed by atoms with Crippen molar-refractivity contribution in [3.63, 3.8) is 0 Å². The fraction of sp³-hybridized carbons (Fsp3) is 0.400. The summed E-state index contributed by atoms with van der Waals surface area (Å²) in [6, 6.07) is -0.791. The molecule has 3 N–H and O–H groups in total. The predicted molar refractivity (Wildman–Crippen MR) is 38.0 cm³/mol. The molecule has 0 heterocycles. The lowest BCUT2D eigenvalue weighted by atomic mass is 10.3. The Kier molecular flexibility index (Phi) is 7.88. The number of hydrogen-bond donors (Lipinski definition) is 2. The van der Waals surface area contributed by atoms with Crippen molar-refractivity contribution >= 4 is 18.4 Å². The first-order valence-corrected chi connectivity index (χ1v) is 2.39. The average Bonchev–Trinajstić information content (AvgIpc) is 1.83. The summed E-state index contributed by atoms with van der Waals surface area (Å²) in [5.41, 5.74) is 5.00. The number of carboxylic acids is 1. The molecule has 0 saturated heterocycles. The monoisotopic (exact) mass is 169 g/mol. The number of hydrogen-bond acceptors (Lipinski definition) is 2. The summed E-state index contributed by atoms with van der Waals surface area (Å²) < 4.78 is 11.5. The van der Waals surface area contributed by atoms with Crippen molar-refractivity contribution in [2.45, 2.75) is 6.04 Å². The maximum atomic E-state index is 11.5. The Morgan fingerprint density at radius 1 is 1.80 bits per heavy atom. The standard InChI is InChI=1S/C5H8FNO2.ClH/c6-3-4(7)1-2-5(8)9;/h1-2,4H,3,7H2,(H,8,9);1H. The van der Waals surface area contributed by atoms with Crippen molar-refractivity contribution in [3.05, 3.63) is 12.2 Å². The van der Waals surface area contributed by atoms with Crippen LogP contribution in [0.5, 0.6) is 0 Å². The van der Waals surface area contributed by atoms with Crippen molar-refractivity contribution in [1.29, 1.82) is 0 Å². The fourth-order valence-electron chi connectivity index (χ4n) is 0.257. The second kappa shape index (κ2) is 6.51. The fourth-order valence-corrected chi connectivity index (χ4v) is 0.257. The van der Waals surface area contributed by atoms with Crippen LogP contribution in [0.15, 0.2) is 12.2 Å². The van der Waals surface area contributed by atoms with Gasteiger partial charge in [0, 0.05) is 6.08 Å². The molecule has 0 fully saturated rings. The number of alkyl halides is 1. The lowest BCUT2D eigenvalue weighted by molar-refractivity contribution is -0.131. The summed E-state index contributed by atoms with van der Waals surface area (Å²) >= 11 is 0. The van der Waals surface area contributed by atoms with Gasteiger partial charge < -0.3 is 10.8 Å². The molecule has 1 atom stereocenters. The molecule has 0 rings (SSSR count). The van der Waals surface area contributed by atoms with Crippen molar-refractivity contribution in [2.24, 2.45) is 5.73 Å². The smallest absolute Gasteiger partial charge is 0.328 e. The first-order chi connectivity index (χ1) is 4.16. The van der Waals surface area contributed by atoms with E-state index < -0.39 is 18.7 Å². The van der Waals surface area contributed by atoms with Crippen LogP contribution in [-0.2, 0) is 4.79 Å². The molecule has 0 aromatic rings. The number of aliphatic carboxylic acids is 1. The van der Waals surface area contributed by atoms with Gasteiger partial charge in [0.25, 0.3) is 0 Å². The molecule has 0 aromatic carbocycles. The maximum absolute atomic E-state index is 11.5. The van der Waals surface area contributed by atoms with Gasteiger partial charge in [-0.1, -0.05) is 6.08 Å². The summed E-state index contributed by atoms with van der Waals surface area (Å²) in [7, 11) is 0. The molecule has 5 heteroatoms. The highest BCUT2D eigenvalue weighted by molar-refractivity contribution is 5.85. The third-order valence-corrected chi connectivity index (χ3v) is 0.664. The molecule has 0 aliphatic rings.